The zero-order valence-corrected chi connectivity index (χ0v) is 74.4. The van der Waals surface area contributed by atoms with E-state index in [1.165, 1.54) is 67.6 Å². The van der Waals surface area contributed by atoms with Crippen molar-refractivity contribution >= 4 is 462 Å². The van der Waals surface area contributed by atoms with Crippen LogP contribution in [0.5, 0.6) is 0 Å². The molecule has 0 aromatic carbocycles. The van der Waals surface area contributed by atoms with Crippen molar-refractivity contribution in [3.63, 3.8) is 0 Å². The van der Waals surface area contributed by atoms with Gasteiger partial charge < -0.3 is 5.11 Å². The summed E-state index contributed by atoms with van der Waals surface area (Å²) >= 11 is 19.1. The summed E-state index contributed by atoms with van der Waals surface area (Å²) in [4.78, 5) is 0. The topological polar surface area (TPSA) is 20.2 Å². The van der Waals surface area contributed by atoms with Crippen molar-refractivity contribution < 1.29 is 5.11 Å². The van der Waals surface area contributed by atoms with E-state index in [4.69, 9.17) is 44.8 Å². The van der Waals surface area contributed by atoms with Crippen LogP contribution in [0.3, 0.4) is 0 Å². The van der Waals surface area contributed by atoms with Gasteiger partial charge in [-0.1, -0.05) is 37.6 Å². The minimum absolute atomic E-state index is 0.0325. The van der Waals surface area contributed by atoms with E-state index in [1.807, 2.05) is 133 Å². The van der Waals surface area contributed by atoms with Crippen LogP contribution in [-0.4, -0.2) is 11.2 Å². The molecule has 0 aromatic heterocycles. The number of aliphatic hydroxyl groups is 1. The molecule has 2 aliphatic carbocycles. The molecule has 0 heterocycles. The molecule has 1 N–H and O–H groups in total. The molecule has 2 atom stereocenters. The van der Waals surface area contributed by atoms with Gasteiger partial charge in [-0.25, -0.2) is 0 Å². The maximum atomic E-state index is 9.18. The van der Waals surface area contributed by atoms with E-state index >= 15 is 0 Å². The number of hydrogen-bond acceptors (Lipinski definition) is 5. The van der Waals surface area contributed by atoms with E-state index in [0.717, 1.165) is 38.0 Å². The molecule has 69 heavy (non-hydrogen) atoms. The largest absolute Gasteiger partial charge is 0.393 e. The second-order valence-electron chi connectivity index (χ2n) is 8.92. The average Bonchev–Trinajstić information content (AvgIpc) is 3.34. The van der Waals surface area contributed by atoms with Gasteiger partial charge in [-0.2, -0.15) is 0 Å². The highest BCUT2D eigenvalue weighted by Crippen LogP contribution is 2.17. The first-order chi connectivity index (χ1) is 34.1. The first-order valence-corrected chi connectivity index (χ1v) is 81.3. The smallest absolute Gasteiger partial charge is 0.0543 e. The van der Waals surface area contributed by atoms with Gasteiger partial charge in [-0.3, -0.25) is 0 Å². The lowest BCUT2D eigenvalue weighted by molar-refractivity contribution is 0.152. The summed E-state index contributed by atoms with van der Waals surface area (Å²) in [5, 5.41) is 9.18. The molecular weight excluding hydrogens is 1860 g/mol. The summed E-state index contributed by atoms with van der Waals surface area (Å²) in [6, 6.07) is 0. The van der Waals surface area contributed by atoms with Gasteiger partial charge in [0.15, 0.2) is 0 Å². The summed E-state index contributed by atoms with van der Waals surface area (Å²) in [7, 11) is 81.7. The molecular formula is C17H30OS51. The van der Waals surface area contributed by atoms with Crippen LogP contribution in [0, 0.1) is 5.92 Å². The molecule has 0 spiro atoms. The Hall–Kier alpha value is 10.7. The quantitative estimate of drug-likeness (QED) is 0.349. The third-order valence-electron chi connectivity index (χ3n) is 5.05. The van der Waals surface area contributed by atoms with Crippen molar-refractivity contribution in [1.82, 2.24) is 0 Å². The molecule has 2 aliphatic rings. The molecule has 0 fully saturated rings. The Balaban J connectivity index is 0. The second kappa shape index (κ2) is 78.7. The molecule has 0 saturated carbocycles. The van der Waals surface area contributed by atoms with Gasteiger partial charge in [-0.15, -0.1) is 0 Å². The van der Waals surface area contributed by atoms with Gasteiger partial charge >= 0.3 is 0 Å². The Morgan fingerprint density at radius 1 is 0.261 bits per heavy atom. The Bertz CT molecular complexity index is 3650. The minimum Gasteiger partial charge on any atom is -0.393 e. The molecule has 0 aliphatic heterocycles. The number of rotatable bonds is 0. The molecule has 2 unspecified atom stereocenters. The van der Waals surface area contributed by atoms with Crippen molar-refractivity contribution in [2.24, 2.45) is 5.92 Å². The van der Waals surface area contributed by atoms with E-state index in [2.05, 4.69) is 31.2 Å². The zero-order valence-electron chi connectivity index (χ0n) is 32.8. The first kappa shape index (κ1) is 81.7. The number of allylic oxidation sites excluding steroid dienone is 4. The van der Waals surface area contributed by atoms with Crippen LogP contribution in [0.25, 0.3) is 0 Å². The fourth-order valence-electron chi connectivity index (χ4n) is 2.97. The van der Waals surface area contributed by atoms with Crippen LogP contribution in [-0.2, 0) is 462 Å². The average molecular weight is 1890 g/mol. The molecule has 0 bridgehead atoms. The fourth-order valence-corrected chi connectivity index (χ4v) is 121. The maximum Gasteiger partial charge on any atom is 0.0543 e. The third kappa shape index (κ3) is 80.8. The molecule has 2 rings (SSSR count). The summed E-state index contributed by atoms with van der Waals surface area (Å²) < 4.78 is 0. The van der Waals surface area contributed by atoms with Crippen molar-refractivity contribution in [3.05, 3.63) is 24.3 Å². The molecule has 0 amide bonds. The Kier molecular flexibility index (Phi) is 93.2. The van der Waals surface area contributed by atoms with Crippen molar-refractivity contribution in [1.29, 1.82) is 0 Å². The Labute approximate surface area is 560 Å². The Morgan fingerprint density at radius 2 is 0.449 bits per heavy atom. The van der Waals surface area contributed by atoms with Crippen molar-refractivity contribution in [2.45, 2.75) is 77.2 Å². The van der Waals surface area contributed by atoms with Gasteiger partial charge in [0.25, 0.3) is 0 Å². The molecule has 1 nitrogen and oxygen atoms in total. The summed E-state index contributed by atoms with van der Waals surface area (Å²) in [5.74, 6) is 0.968. The van der Waals surface area contributed by atoms with Crippen LogP contribution in [0.1, 0.15) is 71.1 Å². The van der Waals surface area contributed by atoms with Crippen molar-refractivity contribution in [2.75, 3.05) is 0 Å². The van der Waals surface area contributed by atoms with Gasteiger partial charge in [0.05, 0.1) is 6.10 Å². The summed E-state index contributed by atoms with van der Waals surface area (Å²) in [6.07, 6.45) is 21.2. The monoisotopic (exact) mass is 1880 g/mol. The standard InChI is InChI=1S/C9H16.C8H14O.S26.S25/c1-9-7-5-3-2-4-6-8-9;9-8-6-4-2-1-3-5-7-8;1-3-5-7-9-11-13-15-17-19-21-23-25-26-24-22-20-18-16-14-12-10-8-6-4-2;1-3-5-7-9-11-13-15-17-19-21-23-25-24-22-20-18-16-14-12-10-8-6-4-2/h2-3,9H,4-8H2,1H3;1-2,8-9H,3-7H2;;/b3-2-;2-1-;;. The minimum atomic E-state index is -0.0325. The number of hydrogen-bond donors (Lipinski definition) is 1. The van der Waals surface area contributed by atoms with E-state index in [0.29, 0.717) is 0 Å². The Morgan fingerprint density at radius 3 is 0.681 bits per heavy atom. The van der Waals surface area contributed by atoms with E-state index in [-0.39, 0.29) is 6.10 Å². The second-order valence-corrected chi connectivity index (χ2v) is 92.1. The zero-order chi connectivity index (χ0) is 50.3. The lowest BCUT2D eigenvalue weighted by atomic mass is 9.96. The molecule has 0 saturated heterocycles. The number of aliphatic hydroxyl groups excluding tert-OH is 1. The lowest BCUT2D eigenvalue weighted by Crippen LogP contribution is -2.06. The van der Waals surface area contributed by atoms with E-state index in [9.17, 15) is 5.11 Å². The molecule has 52 heteroatoms. The SMILES string of the molecule is CC1CC/C=C\CCC1.OC1CC/C=C\CCC1.S=S=S=S=S=S=S=S=S=S=S=S=S=S=S=S=S=S=S=S=S=S=S=S=S.S=S=S=S=S=S=S=S=S=S=S=S=S=S=S=S=S=S=S=S=S=S=S=S=S=S. The fraction of sp³-hybridized carbons (Fsp3) is 0.765. The van der Waals surface area contributed by atoms with Crippen molar-refractivity contribution in [3.8, 4) is 0 Å². The van der Waals surface area contributed by atoms with Gasteiger partial charge in [0.1, 0.15) is 0 Å². The van der Waals surface area contributed by atoms with E-state index in [1.54, 1.807) is 249 Å². The maximum absolute atomic E-state index is 9.18. The van der Waals surface area contributed by atoms with Crippen LogP contribution in [0.15, 0.2) is 24.3 Å². The highest BCUT2D eigenvalue weighted by atomic mass is 33.5. The van der Waals surface area contributed by atoms with Gasteiger partial charge in [-0.05, 0) is 63.7 Å². The van der Waals surface area contributed by atoms with Crippen LogP contribution < -0.4 is 0 Å². The van der Waals surface area contributed by atoms with Crippen LogP contribution in [0.2, 0.25) is 0 Å². The summed E-state index contributed by atoms with van der Waals surface area (Å²) in [5.41, 5.74) is 0. The highest BCUT2D eigenvalue weighted by Gasteiger charge is 2.03. The molecule has 410 valence electrons. The highest BCUT2D eigenvalue weighted by molar-refractivity contribution is 8.81. The summed E-state index contributed by atoms with van der Waals surface area (Å²) in [6.45, 7) is 2.36. The molecule has 0 aromatic rings. The van der Waals surface area contributed by atoms with Crippen LogP contribution >= 0.6 is 0 Å². The van der Waals surface area contributed by atoms with Gasteiger partial charge in [0.2, 0.25) is 0 Å². The normalized spacial score (nSPS) is 14.1. The predicted molar refractivity (Wildman–Crippen MR) is 455 cm³/mol. The van der Waals surface area contributed by atoms with E-state index < -0.39 is 0 Å². The van der Waals surface area contributed by atoms with Gasteiger partial charge in [0, 0.05) is 462 Å². The predicted octanol–water partition coefficient (Wildman–Crippen LogP) is 4.89. The molecule has 0 radical (unpaired) electrons. The third-order valence-corrected chi connectivity index (χ3v) is 105. The first-order valence-electron chi connectivity index (χ1n) is 15.9. The van der Waals surface area contributed by atoms with Crippen LogP contribution in [0.4, 0.5) is 0 Å². The lowest BCUT2D eigenvalue weighted by Gasteiger charge is -2.10.